The maximum absolute atomic E-state index is 5.55. The molecule has 0 atom stereocenters. The van der Waals surface area contributed by atoms with Crippen LogP contribution in [0.3, 0.4) is 0 Å². The fourth-order valence-electron chi connectivity index (χ4n) is 2.98. The summed E-state index contributed by atoms with van der Waals surface area (Å²) in [5.41, 5.74) is 5.71. The smallest absolute Gasteiger partial charge is 0.0997 e. The lowest BCUT2D eigenvalue weighted by atomic mass is 9.95. The molecule has 0 radical (unpaired) electrons. The van der Waals surface area contributed by atoms with E-state index < -0.39 is 0 Å². The highest BCUT2D eigenvalue weighted by atomic mass is 16.5. The summed E-state index contributed by atoms with van der Waals surface area (Å²) in [5, 5.41) is 0. The third-order valence-corrected chi connectivity index (χ3v) is 4.12. The number of rotatable bonds is 6. The Kier molecular flexibility index (Phi) is 5.04. The van der Waals surface area contributed by atoms with Gasteiger partial charge in [-0.25, -0.2) is 0 Å². The van der Waals surface area contributed by atoms with E-state index in [1.165, 1.54) is 22.3 Å². The summed E-state index contributed by atoms with van der Waals surface area (Å²) < 4.78 is 5.55. The maximum Gasteiger partial charge on any atom is 0.0997 e. The summed E-state index contributed by atoms with van der Waals surface area (Å²) in [5.74, 6) is 0. The Morgan fingerprint density at radius 1 is 1.05 bits per heavy atom. The van der Waals surface area contributed by atoms with Crippen molar-refractivity contribution in [2.24, 2.45) is 0 Å². The summed E-state index contributed by atoms with van der Waals surface area (Å²) in [4.78, 5) is 2.35. The minimum absolute atomic E-state index is 0.624. The molecule has 114 valence electrons. The monoisotopic (exact) mass is 293 g/mol. The summed E-state index contributed by atoms with van der Waals surface area (Å²) in [6.45, 7) is 7.05. The lowest BCUT2D eigenvalue weighted by Crippen LogP contribution is -2.32. The van der Waals surface area contributed by atoms with Crippen molar-refractivity contribution in [3.63, 3.8) is 0 Å². The fraction of sp³-hybridized carbons (Fsp3) is 0.300. The van der Waals surface area contributed by atoms with E-state index in [0.717, 1.165) is 25.9 Å². The first-order chi connectivity index (χ1) is 10.8. The normalized spacial score (nSPS) is 14.5. The van der Waals surface area contributed by atoms with Gasteiger partial charge in [0.25, 0.3) is 0 Å². The predicted octanol–water partition coefficient (Wildman–Crippen LogP) is 3.80. The Labute approximate surface area is 133 Å². The van der Waals surface area contributed by atoms with Gasteiger partial charge < -0.3 is 4.74 Å². The van der Waals surface area contributed by atoms with Crippen molar-refractivity contribution in [1.29, 1.82) is 0 Å². The molecule has 0 bridgehead atoms. The molecule has 1 aliphatic rings. The zero-order valence-corrected chi connectivity index (χ0v) is 13.0. The molecule has 22 heavy (non-hydrogen) atoms. The molecule has 0 unspecified atom stereocenters. The quantitative estimate of drug-likeness (QED) is 0.593. The molecular weight excluding hydrogens is 270 g/mol. The summed E-state index contributed by atoms with van der Waals surface area (Å²) >= 11 is 0. The first kappa shape index (κ1) is 15.0. The highest BCUT2D eigenvalue weighted by molar-refractivity contribution is 5.36. The average Bonchev–Trinajstić information content (AvgIpc) is 2.56. The van der Waals surface area contributed by atoms with E-state index in [0.29, 0.717) is 13.3 Å². The van der Waals surface area contributed by atoms with E-state index in [-0.39, 0.29) is 0 Å². The van der Waals surface area contributed by atoms with Crippen LogP contribution >= 0.6 is 0 Å². The Morgan fingerprint density at radius 2 is 1.91 bits per heavy atom. The van der Waals surface area contributed by atoms with Gasteiger partial charge in [-0.3, -0.25) is 4.90 Å². The molecule has 2 aromatic carbocycles. The summed E-state index contributed by atoms with van der Waals surface area (Å²) in [6.07, 6.45) is 3.92. The van der Waals surface area contributed by atoms with Crippen molar-refractivity contribution in [2.45, 2.75) is 19.4 Å². The number of hydrogen-bond donors (Lipinski definition) is 0. The highest BCUT2D eigenvalue weighted by Crippen LogP contribution is 2.21. The van der Waals surface area contributed by atoms with Crippen LogP contribution in [0.25, 0.3) is 0 Å². The molecule has 0 saturated heterocycles. The van der Waals surface area contributed by atoms with Crippen molar-refractivity contribution in [3.8, 4) is 0 Å². The van der Waals surface area contributed by atoms with Gasteiger partial charge in [0.1, 0.15) is 0 Å². The molecule has 0 aromatic heterocycles. The van der Waals surface area contributed by atoms with E-state index in [4.69, 9.17) is 4.74 Å². The number of benzene rings is 2. The van der Waals surface area contributed by atoms with Gasteiger partial charge in [-0.05, 0) is 35.1 Å². The highest BCUT2D eigenvalue weighted by Gasteiger charge is 2.16. The van der Waals surface area contributed by atoms with Crippen molar-refractivity contribution in [1.82, 2.24) is 4.90 Å². The van der Waals surface area contributed by atoms with Crippen molar-refractivity contribution >= 4 is 0 Å². The Hall–Kier alpha value is -1.90. The van der Waals surface area contributed by atoms with Crippen LogP contribution in [0.2, 0.25) is 0 Å². The lowest BCUT2D eigenvalue weighted by Gasteiger charge is -2.28. The van der Waals surface area contributed by atoms with Crippen LogP contribution < -0.4 is 0 Å². The topological polar surface area (TPSA) is 12.5 Å². The van der Waals surface area contributed by atoms with E-state index >= 15 is 0 Å². The van der Waals surface area contributed by atoms with Crippen molar-refractivity contribution in [2.75, 3.05) is 19.9 Å². The Morgan fingerprint density at radius 3 is 2.73 bits per heavy atom. The second-order valence-electron chi connectivity index (χ2n) is 5.86. The number of hydrogen-bond acceptors (Lipinski definition) is 2. The van der Waals surface area contributed by atoms with Gasteiger partial charge in [-0.1, -0.05) is 54.6 Å². The van der Waals surface area contributed by atoms with Crippen molar-refractivity contribution in [3.05, 3.63) is 83.4 Å². The van der Waals surface area contributed by atoms with Crippen molar-refractivity contribution < 1.29 is 4.74 Å². The van der Waals surface area contributed by atoms with E-state index in [9.17, 15) is 0 Å². The lowest BCUT2D eigenvalue weighted by molar-refractivity contribution is 0.0357. The molecule has 0 N–H and O–H groups in total. The first-order valence-corrected chi connectivity index (χ1v) is 7.91. The standard InChI is InChI=1S/C20H23NO/c1-2-12-22-16-21-11-10-19-14-18(8-9-20(19)15-21)13-17-6-4-3-5-7-17/h2-9,14H,1,10-13,15-16H2. The zero-order chi connectivity index (χ0) is 15.2. The van der Waals surface area contributed by atoms with Crippen LogP contribution in [0.15, 0.2) is 61.2 Å². The Balaban J connectivity index is 1.64. The number of nitrogens with zero attached hydrogens (tertiary/aromatic N) is 1. The van der Waals surface area contributed by atoms with Gasteiger partial charge in [-0.2, -0.15) is 0 Å². The molecule has 3 rings (SSSR count). The van der Waals surface area contributed by atoms with Gasteiger partial charge in [0, 0.05) is 13.1 Å². The fourth-order valence-corrected chi connectivity index (χ4v) is 2.98. The van der Waals surface area contributed by atoms with Crippen LogP contribution in [0.1, 0.15) is 22.3 Å². The third kappa shape index (κ3) is 3.85. The molecule has 1 aliphatic heterocycles. The summed E-state index contributed by atoms with van der Waals surface area (Å²) in [7, 11) is 0. The minimum atomic E-state index is 0.624. The maximum atomic E-state index is 5.55. The Bertz CT molecular complexity index is 621. The van der Waals surface area contributed by atoms with Crippen LogP contribution in [-0.2, 0) is 24.1 Å². The molecule has 0 spiro atoms. The SMILES string of the molecule is C=CCOCN1CCc2cc(Cc3ccccc3)ccc2C1. The molecule has 2 nitrogen and oxygen atoms in total. The molecule has 0 aliphatic carbocycles. The second-order valence-corrected chi connectivity index (χ2v) is 5.86. The molecular formula is C20H23NO. The zero-order valence-electron chi connectivity index (χ0n) is 13.0. The van der Waals surface area contributed by atoms with Crippen LogP contribution in [0.4, 0.5) is 0 Å². The molecule has 1 heterocycles. The third-order valence-electron chi connectivity index (χ3n) is 4.12. The van der Waals surface area contributed by atoms with Crippen LogP contribution in [0.5, 0.6) is 0 Å². The predicted molar refractivity (Wildman–Crippen MR) is 90.8 cm³/mol. The van der Waals surface area contributed by atoms with Gasteiger partial charge in [0.15, 0.2) is 0 Å². The second kappa shape index (κ2) is 7.39. The number of ether oxygens (including phenoxy) is 1. The van der Waals surface area contributed by atoms with E-state index in [1.54, 1.807) is 6.08 Å². The van der Waals surface area contributed by atoms with E-state index in [1.807, 2.05) is 0 Å². The van der Waals surface area contributed by atoms with Gasteiger partial charge in [-0.15, -0.1) is 6.58 Å². The molecule has 0 amide bonds. The number of fused-ring (bicyclic) bond motifs is 1. The van der Waals surface area contributed by atoms with Gasteiger partial charge >= 0.3 is 0 Å². The molecule has 0 fully saturated rings. The van der Waals surface area contributed by atoms with Gasteiger partial charge in [0.05, 0.1) is 13.3 Å². The summed E-state index contributed by atoms with van der Waals surface area (Å²) in [6, 6.07) is 17.6. The van der Waals surface area contributed by atoms with Gasteiger partial charge in [0.2, 0.25) is 0 Å². The minimum Gasteiger partial charge on any atom is -0.362 e. The van der Waals surface area contributed by atoms with Crippen LogP contribution in [-0.4, -0.2) is 24.8 Å². The average molecular weight is 293 g/mol. The molecule has 0 saturated carbocycles. The molecule has 2 aromatic rings. The largest absolute Gasteiger partial charge is 0.362 e. The first-order valence-electron chi connectivity index (χ1n) is 7.91. The van der Waals surface area contributed by atoms with E-state index in [2.05, 4.69) is 60.0 Å². The van der Waals surface area contributed by atoms with Crippen LogP contribution in [0, 0.1) is 0 Å². The molecule has 2 heteroatoms.